The molecule has 1 aliphatic rings. The van der Waals surface area contributed by atoms with Crippen LogP contribution in [-0.2, 0) is 6.54 Å². The third kappa shape index (κ3) is 3.04. The van der Waals surface area contributed by atoms with Gasteiger partial charge in [-0.05, 0) is 77.7 Å². The highest BCUT2D eigenvalue weighted by molar-refractivity contribution is 14.1. The molecule has 0 spiro atoms. The molecule has 1 aromatic heterocycles. The molecule has 4 rings (SSSR count). The molecule has 0 saturated carbocycles. The number of nitrogens with zero attached hydrogens (tertiary/aromatic N) is 1. The van der Waals surface area contributed by atoms with E-state index in [2.05, 4.69) is 87.2 Å². The first kappa shape index (κ1) is 15.2. The molecule has 3 heteroatoms. The van der Waals surface area contributed by atoms with E-state index in [1.165, 1.54) is 38.4 Å². The number of halogens is 1. The van der Waals surface area contributed by atoms with Crippen LogP contribution < -0.4 is 5.32 Å². The number of para-hydroxylation sites is 1. The van der Waals surface area contributed by atoms with Gasteiger partial charge in [0.2, 0.25) is 0 Å². The van der Waals surface area contributed by atoms with Crippen LogP contribution in [0.3, 0.4) is 0 Å². The number of nitrogens with one attached hydrogen (secondary N) is 1. The van der Waals surface area contributed by atoms with Crippen LogP contribution in [0.25, 0.3) is 10.9 Å². The van der Waals surface area contributed by atoms with Gasteiger partial charge in [-0.25, -0.2) is 0 Å². The van der Waals surface area contributed by atoms with E-state index < -0.39 is 0 Å². The molecule has 3 aromatic rings. The Kier molecular flexibility index (Phi) is 4.40. The molecule has 2 aromatic carbocycles. The Hall–Kier alpha value is -1.33. The zero-order valence-electron chi connectivity index (χ0n) is 13.1. The molecule has 2 heterocycles. The van der Waals surface area contributed by atoms with Crippen LogP contribution in [0.5, 0.6) is 0 Å². The normalized spacial score (nSPS) is 16.0. The van der Waals surface area contributed by atoms with E-state index in [-0.39, 0.29) is 0 Å². The topological polar surface area (TPSA) is 17.0 Å². The van der Waals surface area contributed by atoms with Crippen LogP contribution in [0.4, 0.5) is 0 Å². The van der Waals surface area contributed by atoms with Crippen molar-refractivity contribution in [2.75, 3.05) is 13.1 Å². The molecule has 0 unspecified atom stereocenters. The molecule has 0 amide bonds. The standard InChI is InChI=1S/C20H21IN2/c21-19-7-3-1-5-16(19)13-23-14-18(15-9-11-22-12-10-15)17-6-2-4-8-20(17)23/h1-8,14-15,22H,9-13H2. The van der Waals surface area contributed by atoms with Gasteiger partial charge in [0.25, 0.3) is 0 Å². The van der Waals surface area contributed by atoms with E-state index in [9.17, 15) is 0 Å². The molecule has 0 radical (unpaired) electrons. The van der Waals surface area contributed by atoms with Crippen LogP contribution in [0, 0.1) is 3.57 Å². The number of fused-ring (bicyclic) bond motifs is 1. The van der Waals surface area contributed by atoms with Gasteiger partial charge in [0.15, 0.2) is 0 Å². The van der Waals surface area contributed by atoms with Gasteiger partial charge in [-0.15, -0.1) is 0 Å². The van der Waals surface area contributed by atoms with E-state index >= 15 is 0 Å². The summed E-state index contributed by atoms with van der Waals surface area (Å²) in [7, 11) is 0. The van der Waals surface area contributed by atoms with Gasteiger partial charge in [0.05, 0.1) is 0 Å². The van der Waals surface area contributed by atoms with Crippen molar-refractivity contribution in [2.45, 2.75) is 25.3 Å². The van der Waals surface area contributed by atoms with E-state index in [1.54, 1.807) is 0 Å². The third-order valence-electron chi connectivity index (χ3n) is 4.90. The zero-order chi connectivity index (χ0) is 15.6. The quantitative estimate of drug-likeness (QED) is 0.610. The van der Waals surface area contributed by atoms with Gasteiger partial charge in [0, 0.05) is 27.2 Å². The molecule has 0 bridgehead atoms. The second kappa shape index (κ2) is 6.65. The highest BCUT2D eigenvalue weighted by atomic mass is 127. The van der Waals surface area contributed by atoms with Gasteiger partial charge in [-0.1, -0.05) is 36.4 Å². The monoisotopic (exact) mass is 416 g/mol. The van der Waals surface area contributed by atoms with Gasteiger partial charge in [0.1, 0.15) is 0 Å². The Bertz CT molecular complexity index is 815. The largest absolute Gasteiger partial charge is 0.343 e. The summed E-state index contributed by atoms with van der Waals surface area (Å²) in [6, 6.07) is 17.5. The van der Waals surface area contributed by atoms with Crippen LogP contribution in [0.15, 0.2) is 54.7 Å². The maximum Gasteiger partial charge on any atom is 0.0486 e. The van der Waals surface area contributed by atoms with Gasteiger partial charge in [-0.3, -0.25) is 0 Å². The lowest BCUT2D eigenvalue weighted by molar-refractivity contribution is 0.461. The molecular formula is C20H21IN2. The van der Waals surface area contributed by atoms with Crippen molar-refractivity contribution >= 4 is 33.5 Å². The Morgan fingerprint density at radius 3 is 2.57 bits per heavy atom. The van der Waals surface area contributed by atoms with E-state index in [0.717, 1.165) is 19.6 Å². The highest BCUT2D eigenvalue weighted by Crippen LogP contribution is 2.33. The number of rotatable bonds is 3. The lowest BCUT2D eigenvalue weighted by Crippen LogP contribution is -2.26. The first-order valence-electron chi connectivity index (χ1n) is 8.35. The van der Waals surface area contributed by atoms with Crippen molar-refractivity contribution in [1.29, 1.82) is 0 Å². The predicted octanol–water partition coefficient (Wildman–Crippen LogP) is 4.76. The smallest absolute Gasteiger partial charge is 0.0486 e. The fourth-order valence-electron chi connectivity index (χ4n) is 3.67. The van der Waals surface area contributed by atoms with Crippen LogP contribution in [-0.4, -0.2) is 17.7 Å². The number of benzene rings is 2. The number of aromatic nitrogens is 1. The van der Waals surface area contributed by atoms with Crippen molar-refractivity contribution in [1.82, 2.24) is 9.88 Å². The first-order valence-corrected chi connectivity index (χ1v) is 9.42. The Balaban J connectivity index is 1.76. The Labute approximate surface area is 151 Å². The molecular weight excluding hydrogens is 395 g/mol. The average Bonchev–Trinajstić information content (AvgIpc) is 2.97. The van der Waals surface area contributed by atoms with Crippen LogP contribution in [0.1, 0.15) is 29.9 Å². The molecule has 1 saturated heterocycles. The minimum absolute atomic E-state index is 0.692. The predicted molar refractivity (Wildman–Crippen MR) is 105 cm³/mol. The molecule has 2 nitrogen and oxygen atoms in total. The number of piperidine rings is 1. The van der Waals surface area contributed by atoms with Crippen LogP contribution >= 0.6 is 22.6 Å². The summed E-state index contributed by atoms with van der Waals surface area (Å²) in [5.41, 5.74) is 4.29. The average molecular weight is 416 g/mol. The van der Waals surface area contributed by atoms with Crippen molar-refractivity contribution in [3.63, 3.8) is 0 Å². The Morgan fingerprint density at radius 2 is 1.74 bits per heavy atom. The summed E-state index contributed by atoms with van der Waals surface area (Å²) in [6.45, 7) is 3.23. The summed E-state index contributed by atoms with van der Waals surface area (Å²) in [5.74, 6) is 0.692. The fourth-order valence-corrected chi connectivity index (χ4v) is 4.23. The van der Waals surface area contributed by atoms with Gasteiger partial charge < -0.3 is 9.88 Å². The molecule has 1 aliphatic heterocycles. The summed E-state index contributed by atoms with van der Waals surface area (Å²) in [4.78, 5) is 0. The summed E-state index contributed by atoms with van der Waals surface area (Å²) in [6.07, 6.45) is 4.90. The number of hydrogen-bond donors (Lipinski definition) is 1. The van der Waals surface area contributed by atoms with Crippen molar-refractivity contribution in [3.8, 4) is 0 Å². The minimum Gasteiger partial charge on any atom is -0.343 e. The maximum atomic E-state index is 3.48. The molecule has 1 N–H and O–H groups in total. The van der Waals surface area contributed by atoms with Gasteiger partial charge in [-0.2, -0.15) is 0 Å². The number of hydrogen-bond acceptors (Lipinski definition) is 1. The summed E-state index contributed by atoms with van der Waals surface area (Å²) in [5, 5.41) is 4.91. The zero-order valence-corrected chi connectivity index (χ0v) is 15.3. The third-order valence-corrected chi connectivity index (χ3v) is 5.95. The molecule has 0 aliphatic carbocycles. The second-order valence-electron chi connectivity index (χ2n) is 6.35. The summed E-state index contributed by atoms with van der Waals surface area (Å²) >= 11 is 2.44. The van der Waals surface area contributed by atoms with E-state index in [4.69, 9.17) is 0 Å². The lowest BCUT2D eigenvalue weighted by Gasteiger charge is -2.22. The van der Waals surface area contributed by atoms with Crippen molar-refractivity contribution < 1.29 is 0 Å². The first-order chi connectivity index (χ1) is 11.3. The van der Waals surface area contributed by atoms with Gasteiger partial charge >= 0.3 is 0 Å². The maximum absolute atomic E-state index is 3.48. The van der Waals surface area contributed by atoms with Crippen LogP contribution in [0.2, 0.25) is 0 Å². The fraction of sp³-hybridized carbons (Fsp3) is 0.300. The molecule has 0 atom stereocenters. The van der Waals surface area contributed by atoms with E-state index in [0.29, 0.717) is 5.92 Å². The molecule has 23 heavy (non-hydrogen) atoms. The minimum atomic E-state index is 0.692. The molecule has 1 fully saturated rings. The SMILES string of the molecule is Ic1ccccc1Cn1cc(C2CCNCC2)c2ccccc21. The molecule has 118 valence electrons. The van der Waals surface area contributed by atoms with Crippen molar-refractivity contribution in [2.24, 2.45) is 0 Å². The Morgan fingerprint density at radius 1 is 1.00 bits per heavy atom. The lowest BCUT2D eigenvalue weighted by atomic mass is 9.90. The van der Waals surface area contributed by atoms with E-state index in [1.807, 2.05) is 0 Å². The summed E-state index contributed by atoms with van der Waals surface area (Å²) < 4.78 is 3.77. The van der Waals surface area contributed by atoms with Crippen molar-refractivity contribution in [3.05, 3.63) is 69.4 Å². The highest BCUT2D eigenvalue weighted by Gasteiger charge is 2.20. The second-order valence-corrected chi connectivity index (χ2v) is 7.51.